The van der Waals surface area contributed by atoms with E-state index >= 15 is 0 Å². The van der Waals surface area contributed by atoms with Gasteiger partial charge in [0.25, 0.3) is 5.56 Å². The summed E-state index contributed by atoms with van der Waals surface area (Å²) < 4.78 is 5.36. The molecule has 1 fully saturated rings. The molecule has 1 aliphatic rings. The Hall–Kier alpha value is -3.45. The topological polar surface area (TPSA) is 91.3 Å². The molecule has 1 aromatic carbocycles. The van der Waals surface area contributed by atoms with Crippen molar-refractivity contribution in [1.29, 1.82) is 0 Å². The van der Waals surface area contributed by atoms with Gasteiger partial charge in [-0.15, -0.1) is 6.58 Å². The minimum Gasteiger partial charge on any atom is -0.504 e. The van der Waals surface area contributed by atoms with Gasteiger partial charge in [0, 0.05) is 48.6 Å². The number of aromatic nitrogens is 3. The molecule has 1 saturated heterocycles. The van der Waals surface area contributed by atoms with E-state index in [1.54, 1.807) is 31.6 Å². The minimum absolute atomic E-state index is 0.150. The molecule has 0 saturated carbocycles. The van der Waals surface area contributed by atoms with Crippen LogP contribution in [0.15, 0.2) is 60.2 Å². The number of phenolic OH excluding ortho intramolecular Hbond substituents is 1. The van der Waals surface area contributed by atoms with Gasteiger partial charge in [-0.05, 0) is 49.6 Å². The number of ether oxygens (including phenoxy) is 1. The number of phenols is 1. The van der Waals surface area contributed by atoms with Crippen LogP contribution in [0, 0.1) is 0 Å². The summed E-state index contributed by atoms with van der Waals surface area (Å²) in [5.41, 5.74) is 3.34. The van der Waals surface area contributed by atoms with Crippen molar-refractivity contribution in [2.45, 2.75) is 31.7 Å². The summed E-state index contributed by atoms with van der Waals surface area (Å²) in [5.74, 6) is 1.37. The molecule has 0 radical (unpaired) electrons. The lowest BCUT2D eigenvalue weighted by atomic mass is 9.94. The summed E-state index contributed by atoms with van der Waals surface area (Å²) in [6.45, 7) is 6.28. The predicted molar refractivity (Wildman–Crippen MR) is 124 cm³/mol. The van der Waals surface area contributed by atoms with Crippen LogP contribution >= 0.6 is 0 Å². The van der Waals surface area contributed by atoms with Gasteiger partial charge >= 0.3 is 0 Å². The fourth-order valence-electron chi connectivity index (χ4n) is 4.31. The molecule has 7 heteroatoms. The second kappa shape index (κ2) is 9.78. The van der Waals surface area contributed by atoms with Crippen molar-refractivity contribution in [2.24, 2.45) is 0 Å². The van der Waals surface area contributed by atoms with Crippen LogP contribution in [0.25, 0.3) is 11.4 Å². The van der Waals surface area contributed by atoms with Gasteiger partial charge < -0.3 is 14.8 Å². The summed E-state index contributed by atoms with van der Waals surface area (Å²) >= 11 is 0. The number of benzene rings is 1. The molecule has 3 heterocycles. The second-order valence-corrected chi connectivity index (χ2v) is 8.13. The highest BCUT2D eigenvalue weighted by molar-refractivity contribution is 5.53. The number of pyridine rings is 1. The summed E-state index contributed by atoms with van der Waals surface area (Å²) in [6.07, 6.45) is 7.76. The van der Waals surface area contributed by atoms with E-state index in [1.807, 2.05) is 24.3 Å². The molecule has 1 unspecified atom stereocenters. The van der Waals surface area contributed by atoms with Crippen molar-refractivity contribution in [1.82, 2.24) is 19.9 Å². The van der Waals surface area contributed by atoms with E-state index in [0.29, 0.717) is 18.0 Å². The molecule has 0 aliphatic carbocycles. The lowest BCUT2D eigenvalue weighted by Gasteiger charge is -2.32. The fraction of sp³-hybridized carbons (Fsp3) is 0.320. The summed E-state index contributed by atoms with van der Waals surface area (Å²) in [4.78, 5) is 26.4. The first kappa shape index (κ1) is 21.8. The van der Waals surface area contributed by atoms with Crippen LogP contribution in [0.1, 0.15) is 35.6 Å². The Morgan fingerprint density at radius 2 is 2.25 bits per heavy atom. The van der Waals surface area contributed by atoms with E-state index in [-0.39, 0.29) is 17.2 Å². The third-order valence-corrected chi connectivity index (χ3v) is 5.82. The van der Waals surface area contributed by atoms with Crippen molar-refractivity contribution in [3.05, 3.63) is 82.6 Å². The third-order valence-electron chi connectivity index (χ3n) is 5.82. The highest BCUT2D eigenvalue weighted by Gasteiger charge is 2.24. The van der Waals surface area contributed by atoms with Gasteiger partial charge in [-0.2, -0.15) is 0 Å². The van der Waals surface area contributed by atoms with Crippen LogP contribution in [0.4, 0.5) is 0 Å². The number of piperidine rings is 1. The van der Waals surface area contributed by atoms with E-state index < -0.39 is 0 Å². The Bertz CT molecular complexity index is 1140. The number of aromatic amines is 1. The van der Waals surface area contributed by atoms with Gasteiger partial charge in [0.1, 0.15) is 5.82 Å². The molecular weight excluding hydrogens is 404 g/mol. The summed E-state index contributed by atoms with van der Waals surface area (Å²) in [5, 5.41) is 10.4. The standard InChI is InChI=1S/C25H28N4O3/c1-3-6-18-11-17(12-22(32-2)24(18)31)15-29-10-5-8-20(16-29)21-13-23(30)28-25(27-21)19-7-4-9-26-14-19/h3-4,7,9,11-14,20,31H,1,5-6,8,10,15-16H2,2H3,(H,27,28,30). The van der Waals surface area contributed by atoms with Crippen LogP contribution in [-0.2, 0) is 13.0 Å². The predicted octanol–water partition coefficient (Wildman–Crippen LogP) is 3.65. The SMILES string of the molecule is C=CCc1cc(CN2CCCC(c3cc(=O)[nH]c(-c4cccnc4)n3)C2)cc(OC)c1O. The number of aromatic hydroxyl groups is 1. The smallest absolute Gasteiger partial charge is 0.251 e. The van der Waals surface area contributed by atoms with E-state index in [2.05, 4.69) is 21.4 Å². The van der Waals surface area contributed by atoms with Crippen molar-refractivity contribution < 1.29 is 9.84 Å². The maximum absolute atomic E-state index is 12.3. The summed E-state index contributed by atoms with van der Waals surface area (Å²) in [6, 6.07) is 9.23. The number of hydrogen-bond donors (Lipinski definition) is 2. The number of rotatable bonds is 7. The number of allylic oxidation sites excluding steroid dienone is 1. The maximum Gasteiger partial charge on any atom is 0.251 e. The second-order valence-electron chi connectivity index (χ2n) is 8.13. The number of H-pyrrole nitrogens is 1. The van der Waals surface area contributed by atoms with Crippen molar-refractivity contribution >= 4 is 0 Å². The Labute approximate surface area is 187 Å². The molecule has 1 atom stereocenters. The molecule has 0 spiro atoms. The molecule has 166 valence electrons. The Kier molecular flexibility index (Phi) is 6.66. The quantitative estimate of drug-likeness (QED) is 0.554. The first-order valence-electron chi connectivity index (χ1n) is 10.8. The zero-order chi connectivity index (χ0) is 22.5. The molecule has 3 aromatic rings. The van der Waals surface area contributed by atoms with Crippen LogP contribution < -0.4 is 10.3 Å². The Morgan fingerprint density at radius 1 is 1.38 bits per heavy atom. The zero-order valence-electron chi connectivity index (χ0n) is 18.3. The van der Waals surface area contributed by atoms with Crippen molar-refractivity contribution in [3.8, 4) is 22.9 Å². The van der Waals surface area contributed by atoms with Gasteiger partial charge in [0.2, 0.25) is 0 Å². The molecule has 7 nitrogen and oxygen atoms in total. The Balaban J connectivity index is 1.55. The fourth-order valence-corrected chi connectivity index (χ4v) is 4.31. The van der Waals surface area contributed by atoms with Gasteiger partial charge in [0.05, 0.1) is 12.8 Å². The number of nitrogens with zero attached hydrogens (tertiary/aromatic N) is 3. The molecule has 2 aromatic heterocycles. The average molecular weight is 433 g/mol. The number of nitrogens with one attached hydrogen (secondary N) is 1. The van der Waals surface area contributed by atoms with Gasteiger partial charge in [-0.3, -0.25) is 14.7 Å². The van der Waals surface area contributed by atoms with E-state index in [0.717, 1.165) is 54.9 Å². The average Bonchev–Trinajstić information content (AvgIpc) is 2.81. The van der Waals surface area contributed by atoms with Gasteiger partial charge in [-0.25, -0.2) is 4.98 Å². The Morgan fingerprint density at radius 3 is 3.00 bits per heavy atom. The van der Waals surface area contributed by atoms with Gasteiger partial charge in [-0.1, -0.05) is 12.1 Å². The van der Waals surface area contributed by atoms with E-state index in [4.69, 9.17) is 9.72 Å². The molecule has 32 heavy (non-hydrogen) atoms. The minimum atomic E-state index is -0.150. The normalized spacial score (nSPS) is 16.6. The van der Waals surface area contributed by atoms with Gasteiger partial charge in [0.15, 0.2) is 11.5 Å². The van der Waals surface area contributed by atoms with Crippen LogP contribution in [0.2, 0.25) is 0 Å². The summed E-state index contributed by atoms with van der Waals surface area (Å²) in [7, 11) is 1.56. The van der Waals surface area contributed by atoms with Crippen LogP contribution in [-0.4, -0.2) is 45.2 Å². The lowest BCUT2D eigenvalue weighted by molar-refractivity contribution is 0.198. The first-order chi connectivity index (χ1) is 15.6. The first-order valence-corrected chi connectivity index (χ1v) is 10.8. The van der Waals surface area contributed by atoms with Crippen LogP contribution in [0.5, 0.6) is 11.5 Å². The highest BCUT2D eigenvalue weighted by atomic mass is 16.5. The number of methoxy groups -OCH3 is 1. The zero-order valence-corrected chi connectivity index (χ0v) is 18.3. The number of likely N-dealkylation sites (tertiary alicyclic amines) is 1. The van der Waals surface area contributed by atoms with E-state index in [9.17, 15) is 9.90 Å². The van der Waals surface area contributed by atoms with Crippen molar-refractivity contribution in [3.63, 3.8) is 0 Å². The molecule has 0 amide bonds. The molecule has 0 bridgehead atoms. The number of hydrogen-bond acceptors (Lipinski definition) is 6. The molecule has 4 rings (SSSR count). The highest BCUT2D eigenvalue weighted by Crippen LogP contribution is 2.33. The molecular formula is C25H28N4O3. The van der Waals surface area contributed by atoms with E-state index in [1.165, 1.54) is 0 Å². The molecule has 1 aliphatic heterocycles. The third kappa shape index (κ3) is 4.89. The van der Waals surface area contributed by atoms with Crippen molar-refractivity contribution in [2.75, 3.05) is 20.2 Å². The van der Waals surface area contributed by atoms with Crippen LogP contribution in [0.3, 0.4) is 0 Å². The molecule has 2 N–H and O–H groups in total. The largest absolute Gasteiger partial charge is 0.504 e. The lowest BCUT2D eigenvalue weighted by Crippen LogP contribution is -2.34. The monoisotopic (exact) mass is 432 g/mol. The maximum atomic E-state index is 12.3.